The van der Waals surface area contributed by atoms with E-state index in [2.05, 4.69) is 15.9 Å². The van der Waals surface area contributed by atoms with Crippen LogP contribution in [0.4, 0.5) is 4.39 Å². The molecule has 0 spiro atoms. The maximum atomic E-state index is 13.3. The monoisotopic (exact) mass is 291 g/mol. The SMILES string of the molecule is O=C(c1cc(F)c(Cl)c(Br)c1)N1CCC1. The number of hydrogen-bond acceptors (Lipinski definition) is 1. The third-order valence-electron chi connectivity index (χ3n) is 2.37. The third-order valence-corrected chi connectivity index (χ3v) is 3.61. The van der Waals surface area contributed by atoms with E-state index in [0.29, 0.717) is 10.0 Å². The number of hydrogen-bond donors (Lipinski definition) is 0. The lowest BCUT2D eigenvalue weighted by molar-refractivity contribution is 0.0651. The highest BCUT2D eigenvalue weighted by atomic mass is 79.9. The lowest BCUT2D eigenvalue weighted by atomic mass is 10.1. The minimum atomic E-state index is -0.574. The van der Waals surface area contributed by atoms with E-state index in [1.165, 1.54) is 6.07 Å². The number of carbonyl (C=O) groups is 1. The molecule has 1 saturated heterocycles. The molecule has 80 valence electrons. The van der Waals surface area contributed by atoms with Gasteiger partial charge in [0, 0.05) is 23.1 Å². The molecule has 0 unspecified atom stereocenters. The molecule has 0 saturated carbocycles. The molecule has 2 rings (SSSR count). The fourth-order valence-electron chi connectivity index (χ4n) is 1.38. The molecule has 1 aliphatic heterocycles. The second kappa shape index (κ2) is 4.10. The van der Waals surface area contributed by atoms with Crippen LogP contribution >= 0.6 is 27.5 Å². The van der Waals surface area contributed by atoms with Crippen molar-refractivity contribution in [2.75, 3.05) is 13.1 Å². The molecule has 1 fully saturated rings. The largest absolute Gasteiger partial charge is 0.339 e. The van der Waals surface area contributed by atoms with Crippen LogP contribution in [-0.4, -0.2) is 23.9 Å². The summed E-state index contributed by atoms with van der Waals surface area (Å²) in [5, 5.41) is 0.00941. The maximum absolute atomic E-state index is 13.3. The number of nitrogens with zero attached hydrogens (tertiary/aromatic N) is 1. The Morgan fingerprint density at radius 3 is 2.60 bits per heavy atom. The first kappa shape index (κ1) is 10.9. The fraction of sp³-hybridized carbons (Fsp3) is 0.300. The van der Waals surface area contributed by atoms with Gasteiger partial charge in [-0.25, -0.2) is 4.39 Å². The summed E-state index contributed by atoms with van der Waals surface area (Å²) < 4.78 is 13.7. The van der Waals surface area contributed by atoms with Crippen molar-refractivity contribution in [1.82, 2.24) is 4.90 Å². The lowest BCUT2D eigenvalue weighted by Gasteiger charge is -2.31. The summed E-state index contributed by atoms with van der Waals surface area (Å²) in [6.07, 6.45) is 1.02. The summed E-state index contributed by atoms with van der Waals surface area (Å²) in [5.41, 5.74) is 0.337. The molecule has 1 aromatic carbocycles. The molecule has 15 heavy (non-hydrogen) atoms. The Balaban J connectivity index is 2.32. The molecule has 0 atom stereocenters. The highest BCUT2D eigenvalue weighted by Gasteiger charge is 2.22. The van der Waals surface area contributed by atoms with E-state index in [9.17, 15) is 9.18 Å². The fourth-order valence-corrected chi connectivity index (χ4v) is 1.93. The zero-order valence-electron chi connectivity index (χ0n) is 7.77. The van der Waals surface area contributed by atoms with Crippen molar-refractivity contribution in [2.45, 2.75) is 6.42 Å². The molecule has 5 heteroatoms. The minimum Gasteiger partial charge on any atom is -0.339 e. The van der Waals surface area contributed by atoms with Gasteiger partial charge in [0.15, 0.2) is 0 Å². The molecule has 1 aromatic rings. The Hall–Kier alpha value is -0.610. The standard InChI is InChI=1S/C10H8BrClFNO/c11-7-4-6(5-8(13)9(7)12)10(15)14-2-1-3-14/h4-5H,1-3H2. The summed E-state index contributed by atoms with van der Waals surface area (Å²) in [5.74, 6) is -0.715. The van der Waals surface area contributed by atoms with Gasteiger partial charge in [-0.05, 0) is 34.5 Å². The predicted molar refractivity (Wildman–Crippen MR) is 59.6 cm³/mol. The molecule has 1 amide bonds. The van der Waals surface area contributed by atoms with Gasteiger partial charge in [-0.2, -0.15) is 0 Å². The summed E-state index contributed by atoms with van der Waals surface area (Å²) in [7, 11) is 0. The number of carbonyl (C=O) groups excluding carboxylic acids is 1. The number of halogens is 3. The Morgan fingerprint density at radius 2 is 2.13 bits per heavy atom. The van der Waals surface area contributed by atoms with E-state index in [1.54, 1.807) is 11.0 Å². The van der Waals surface area contributed by atoms with Crippen LogP contribution in [0.3, 0.4) is 0 Å². The van der Waals surface area contributed by atoms with E-state index in [-0.39, 0.29) is 10.9 Å². The summed E-state index contributed by atoms with van der Waals surface area (Å²) in [4.78, 5) is 13.4. The third kappa shape index (κ3) is 2.01. The zero-order chi connectivity index (χ0) is 11.0. The second-order valence-electron chi connectivity index (χ2n) is 3.40. The van der Waals surface area contributed by atoms with Crippen LogP contribution < -0.4 is 0 Å². The molecule has 1 aliphatic rings. The van der Waals surface area contributed by atoms with Gasteiger partial charge >= 0.3 is 0 Å². The van der Waals surface area contributed by atoms with Gasteiger partial charge in [-0.1, -0.05) is 11.6 Å². The topological polar surface area (TPSA) is 20.3 Å². The van der Waals surface area contributed by atoms with Crippen LogP contribution in [0.1, 0.15) is 16.8 Å². The predicted octanol–water partition coefficient (Wildman–Crippen LogP) is 3.09. The normalized spacial score (nSPS) is 15.0. The molecule has 1 heterocycles. The van der Waals surface area contributed by atoms with Crippen molar-refractivity contribution >= 4 is 33.4 Å². The van der Waals surface area contributed by atoms with Crippen molar-refractivity contribution in [2.24, 2.45) is 0 Å². The highest BCUT2D eigenvalue weighted by molar-refractivity contribution is 9.10. The van der Waals surface area contributed by atoms with Crippen LogP contribution in [0, 0.1) is 5.82 Å². The summed E-state index contributed by atoms with van der Waals surface area (Å²) in [6.45, 7) is 1.50. The van der Waals surface area contributed by atoms with Gasteiger partial charge in [0.2, 0.25) is 0 Å². The molecule has 0 radical (unpaired) electrons. The van der Waals surface area contributed by atoms with Crippen LogP contribution in [0.2, 0.25) is 5.02 Å². The molecule has 0 N–H and O–H groups in total. The Bertz CT molecular complexity index is 397. The van der Waals surface area contributed by atoms with Gasteiger partial charge < -0.3 is 4.90 Å². The van der Waals surface area contributed by atoms with Gasteiger partial charge in [0.05, 0.1) is 5.02 Å². The molecular weight excluding hydrogens is 284 g/mol. The van der Waals surface area contributed by atoms with E-state index >= 15 is 0 Å². The van der Waals surface area contributed by atoms with Gasteiger partial charge in [0.25, 0.3) is 5.91 Å². The smallest absolute Gasteiger partial charge is 0.253 e. The molecular formula is C10H8BrClFNO. The van der Waals surface area contributed by atoms with Gasteiger partial charge in [-0.15, -0.1) is 0 Å². The Morgan fingerprint density at radius 1 is 1.47 bits per heavy atom. The van der Waals surface area contributed by atoms with Gasteiger partial charge in [0.1, 0.15) is 5.82 Å². The Kier molecular flexibility index (Phi) is 2.98. The lowest BCUT2D eigenvalue weighted by Crippen LogP contribution is -2.42. The van der Waals surface area contributed by atoms with E-state index in [1.807, 2.05) is 0 Å². The van der Waals surface area contributed by atoms with E-state index < -0.39 is 5.82 Å². The number of likely N-dealkylation sites (tertiary alicyclic amines) is 1. The van der Waals surface area contributed by atoms with Gasteiger partial charge in [-0.3, -0.25) is 4.79 Å². The maximum Gasteiger partial charge on any atom is 0.253 e. The quantitative estimate of drug-likeness (QED) is 0.728. The van der Waals surface area contributed by atoms with Crippen LogP contribution in [0.15, 0.2) is 16.6 Å². The average Bonchev–Trinajstić information content (AvgIpc) is 2.10. The second-order valence-corrected chi connectivity index (χ2v) is 4.63. The number of amides is 1. The molecule has 2 nitrogen and oxygen atoms in total. The van der Waals surface area contributed by atoms with E-state index in [0.717, 1.165) is 19.5 Å². The van der Waals surface area contributed by atoms with Crippen molar-refractivity contribution in [3.05, 3.63) is 33.0 Å². The number of rotatable bonds is 1. The first-order chi connectivity index (χ1) is 7.09. The van der Waals surface area contributed by atoms with Crippen molar-refractivity contribution in [3.8, 4) is 0 Å². The molecule has 0 aliphatic carbocycles. The van der Waals surface area contributed by atoms with Crippen LogP contribution in [0.5, 0.6) is 0 Å². The molecule has 0 bridgehead atoms. The highest BCUT2D eigenvalue weighted by Crippen LogP contribution is 2.27. The Labute approximate surface area is 100 Å². The first-order valence-corrected chi connectivity index (χ1v) is 5.70. The number of benzene rings is 1. The first-order valence-electron chi connectivity index (χ1n) is 4.53. The summed E-state index contributed by atoms with van der Waals surface area (Å²) >= 11 is 8.75. The van der Waals surface area contributed by atoms with Crippen molar-refractivity contribution in [3.63, 3.8) is 0 Å². The minimum absolute atomic E-state index is 0.00941. The average molecular weight is 293 g/mol. The van der Waals surface area contributed by atoms with Crippen LogP contribution in [-0.2, 0) is 0 Å². The molecule has 0 aromatic heterocycles. The van der Waals surface area contributed by atoms with Crippen molar-refractivity contribution in [1.29, 1.82) is 0 Å². The van der Waals surface area contributed by atoms with E-state index in [4.69, 9.17) is 11.6 Å². The summed E-state index contributed by atoms with van der Waals surface area (Å²) in [6, 6.07) is 2.72. The zero-order valence-corrected chi connectivity index (χ0v) is 10.1. The van der Waals surface area contributed by atoms with Crippen LogP contribution in [0.25, 0.3) is 0 Å². The van der Waals surface area contributed by atoms with Crippen molar-refractivity contribution < 1.29 is 9.18 Å².